The van der Waals surface area contributed by atoms with Gasteiger partial charge in [-0.2, -0.15) is 0 Å². The van der Waals surface area contributed by atoms with Crippen LogP contribution in [0.25, 0.3) is 0 Å². The lowest BCUT2D eigenvalue weighted by molar-refractivity contribution is -0.0228. The van der Waals surface area contributed by atoms with Gasteiger partial charge >= 0.3 is 5.97 Å². The van der Waals surface area contributed by atoms with Crippen molar-refractivity contribution in [2.45, 2.75) is 0 Å². The first-order chi connectivity index (χ1) is 19.4. The van der Waals surface area contributed by atoms with E-state index in [0.29, 0.717) is 105 Å². The second-order valence-corrected chi connectivity index (χ2v) is 7.95. The summed E-state index contributed by atoms with van der Waals surface area (Å²) in [4.78, 5) is 11.8. The molecule has 2 aromatic carbocycles. The molecule has 10 heteroatoms. The van der Waals surface area contributed by atoms with Crippen LogP contribution in [0.4, 0.5) is 0 Å². The van der Waals surface area contributed by atoms with E-state index >= 15 is 0 Å². The molecule has 0 aliphatic heterocycles. The molecule has 0 aliphatic rings. The van der Waals surface area contributed by atoms with E-state index in [9.17, 15) is 4.79 Å². The summed E-state index contributed by atoms with van der Waals surface area (Å²) >= 11 is 0. The first kappa shape index (κ1) is 32.6. The number of esters is 1. The van der Waals surface area contributed by atoms with E-state index in [-0.39, 0.29) is 12.6 Å². The third-order valence-electron chi connectivity index (χ3n) is 4.94. The summed E-state index contributed by atoms with van der Waals surface area (Å²) in [7, 11) is 0. The van der Waals surface area contributed by atoms with Crippen molar-refractivity contribution < 1.29 is 47.4 Å². The Morgan fingerprint density at radius 2 is 0.744 bits per heavy atom. The molecule has 2 rings (SSSR count). The highest BCUT2D eigenvalue weighted by molar-refractivity contribution is 5.89. The van der Waals surface area contributed by atoms with Crippen LogP contribution in [-0.4, -0.2) is 112 Å². The van der Waals surface area contributed by atoms with Gasteiger partial charge in [-0.3, -0.25) is 0 Å². The first-order valence-corrected chi connectivity index (χ1v) is 13.3. The van der Waals surface area contributed by atoms with E-state index in [1.54, 1.807) is 24.3 Å². The fraction of sp³-hybridized carbons (Fsp3) is 0.552. The monoisotopic (exact) mass is 550 g/mol. The maximum absolute atomic E-state index is 11.8. The van der Waals surface area contributed by atoms with Gasteiger partial charge in [-0.15, -0.1) is 0 Å². The average Bonchev–Trinajstić information content (AvgIpc) is 2.98. The van der Waals surface area contributed by atoms with Crippen molar-refractivity contribution >= 4 is 5.97 Å². The SMILES string of the molecule is O=C(OCCOCCOCCOCCOCCOCCOCCOCCOc1ccccc1)c1ccccc1. The van der Waals surface area contributed by atoms with E-state index in [4.69, 9.17) is 42.6 Å². The van der Waals surface area contributed by atoms with Gasteiger partial charge in [-0.05, 0) is 24.3 Å². The van der Waals surface area contributed by atoms with Crippen molar-refractivity contribution in [3.8, 4) is 5.75 Å². The zero-order valence-electron chi connectivity index (χ0n) is 22.7. The molecule has 0 spiro atoms. The number of carbonyl (C=O) groups excluding carboxylic acids is 1. The molecule has 2 aromatic rings. The standard InChI is InChI=1S/C29H42O10/c30-29(27-7-3-1-4-8-27)39-26-24-37-22-20-35-18-16-33-14-12-31-11-13-32-15-17-34-19-21-36-23-25-38-28-9-5-2-6-10-28/h1-10H,11-26H2. The molecule has 0 amide bonds. The Morgan fingerprint density at radius 1 is 0.410 bits per heavy atom. The minimum Gasteiger partial charge on any atom is -0.491 e. The van der Waals surface area contributed by atoms with Gasteiger partial charge in [0, 0.05) is 0 Å². The molecule has 39 heavy (non-hydrogen) atoms. The molecule has 0 fully saturated rings. The quantitative estimate of drug-likeness (QED) is 0.128. The Balaban J connectivity index is 1.18. The molecule has 0 aliphatic carbocycles. The number of carbonyl (C=O) groups is 1. The van der Waals surface area contributed by atoms with Crippen LogP contribution in [0.2, 0.25) is 0 Å². The van der Waals surface area contributed by atoms with Crippen molar-refractivity contribution in [1.29, 1.82) is 0 Å². The highest BCUT2D eigenvalue weighted by Gasteiger charge is 2.05. The molecule has 10 nitrogen and oxygen atoms in total. The third-order valence-corrected chi connectivity index (χ3v) is 4.94. The van der Waals surface area contributed by atoms with Gasteiger partial charge in [0.2, 0.25) is 0 Å². The van der Waals surface area contributed by atoms with Crippen LogP contribution in [0, 0.1) is 0 Å². The highest BCUT2D eigenvalue weighted by Crippen LogP contribution is 2.07. The second-order valence-electron chi connectivity index (χ2n) is 7.95. The van der Waals surface area contributed by atoms with Gasteiger partial charge in [0.15, 0.2) is 0 Å². The lowest BCUT2D eigenvalue weighted by Gasteiger charge is -2.09. The summed E-state index contributed by atoms with van der Waals surface area (Å²) in [5.41, 5.74) is 0.528. The molecule has 0 saturated carbocycles. The second kappa shape index (κ2) is 24.5. The maximum atomic E-state index is 11.8. The third kappa shape index (κ3) is 19.2. The molecule has 0 N–H and O–H groups in total. The predicted octanol–water partition coefficient (Wildman–Crippen LogP) is 3.04. The summed E-state index contributed by atoms with van der Waals surface area (Å²) in [6.07, 6.45) is 0. The number of benzene rings is 2. The van der Waals surface area contributed by atoms with Gasteiger partial charge < -0.3 is 42.6 Å². The van der Waals surface area contributed by atoms with Crippen LogP contribution in [-0.2, 0) is 37.9 Å². The maximum Gasteiger partial charge on any atom is 0.338 e. The van der Waals surface area contributed by atoms with Crippen molar-refractivity contribution in [3.05, 3.63) is 66.2 Å². The van der Waals surface area contributed by atoms with Crippen LogP contribution in [0.5, 0.6) is 5.75 Å². The van der Waals surface area contributed by atoms with Crippen molar-refractivity contribution in [3.63, 3.8) is 0 Å². The van der Waals surface area contributed by atoms with E-state index in [1.165, 1.54) is 0 Å². The minimum atomic E-state index is -0.353. The first-order valence-electron chi connectivity index (χ1n) is 13.3. The summed E-state index contributed by atoms with van der Waals surface area (Å²) in [6, 6.07) is 18.5. The number of ether oxygens (including phenoxy) is 9. The summed E-state index contributed by atoms with van der Waals surface area (Å²) < 4.78 is 48.8. The molecule has 0 unspecified atom stereocenters. The fourth-order valence-corrected chi connectivity index (χ4v) is 3.01. The van der Waals surface area contributed by atoms with Gasteiger partial charge in [0.1, 0.15) is 19.0 Å². The summed E-state index contributed by atoms with van der Waals surface area (Å²) in [6.45, 7) is 7.46. The van der Waals surface area contributed by atoms with Crippen molar-refractivity contribution in [2.24, 2.45) is 0 Å². The smallest absolute Gasteiger partial charge is 0.338 e. The number of para-hydroxylation sites is 1. The largest absolute Gasteiger partial charge is 0.491 e. The van der Waals surface area contributed by atoms with E-state index in [2.05, 4.69) is 0 Å². The van der Waals surface area contributed by atoms with Gasteiger partial charge in [-0.25, -0.2) is 4.79 Å². The molecule has 0 atom stereocenters. The van der Waals surface area contributed by atoms with E-state index in [0.717, 1.165) is 5.75 Å². The predicted molar refractivity (Wildman–Crippen MR) is 144 cm³/mol. The number of hydrogen-bond acceptors (Lipinski definition) is 10. The van der Waals surface area contributed by atoms with Gasteiger partial charge in [0.05, 0.1) is 98.1 Å². The lowest BCUT2D eigenvalue weighted by Crippen LogP contribution is -2.15. The van der Waals surface area contributed by atoms with Crippen LogP contribution in [0.1, 0.15) is 10.4 Å². The Kier molecular flexibility index (Phi) is 20.5. The lowest BCUT2D eigenvalue weighted by atomic mass is 10.2. The molecule has 0 heterocycles. The molecular weight excluding hydrogens is 508 g/mol. The zero-order valence-corrected chi connectivity index (χ0v) is 22.7. The topological polar surface area (TPSA) is 100 Å². The molecule has 0 bridgehead atoms. The average molecular weight is 551 g/mol. The molecule has 218 valence electrons. The van der Waals surface area contributed by atoms with E-state index < -0.39 is 0 Å². The number of rotatable bonds is 26. The Morgan fingerprint density at radius 3 is 1.15 bits per heavy atom. The van der Waals surface area contributed by atoms with Crippen LogP contribution in [0.15, 0.2) is 60.7 Å². The highest BCUT2D eigenvalue weighted by atomic mass is 16.6. The van der Waals surface area contributed by atoms with Crippen molar-refractivity contribution in [2.75, 3.05) is 106 Å². The Hall–Kier alpha value is -2.57. The Bertz CT molecular complexity index is 806. The number of hydrogen-bond donors (Lipinski definition) is 0. The van der Waals surface area contributed by atoms with E-state index in [1.807, 2.05) is 36.4 Å². The normalized spacial score (nSPS) is 11.0. The van der Waals surface area contributed by atoms with Gasteiger partial charge in [-0.1, -0.05) is 36.4 Å². The Labute approximate surface area is 231 Å². The zero-order chi connectivity index (χ0) is 27.5. The molecule has 0 aromatic heterocycles. The van der Waals surface area contributed by atoms with Crippen LogP contribution < -0.4 is 4.74 Å². The molecular formula is C29H42O10. The summed E-state index contributed by atoms with van der Waals surface area (Å²) in [5, 5.41) is 0. The summed E-state index contributed by atoms with van der Waals surface area (Å²) in [5.74, 6) is 0.488. The van der Waals surface area contributed by atoms with Crippen molar-refractivity contribution in [1.82, 2.24) is 0 Å². The molecule has 0 saturated heterocycles. The minimum absolute atomic E-state index is 0.206. The fourth-order valence-electron chi connectivity index (χ4n) is 3.01. The molecule has 0 radical (unpaired) electrons. The van der Waals surface area contributed by atoms with Crippen LogP contribution in [0.3, 0.4) is 0 Å². The van der Waals surface area contributed by atoms with Crippen LogP contribution >= 0.6 is 0 Å². The van der Waals surface area contributed by atoms with Gasteiger partial charge in [0.25, 0.3) is 0 Å².